The molecule has 0 aromatic heterocycles. The zero-order chi connectivity index (χ0) is 16.2. The van der Waals surface area contributed by atoms with Crippen molar-refractivity contribution in [3.8, 4) is 0 Å². The van der Waals surface area contributed by atoms with Gasteiger partial charge in [-0.2, -0.15) is 0 Å². The third-order valence-corrected chi connectivity index (χ3v) is 6.68. The molecule has 0 aliphatic carbocycles. The Kier molecular flexibility index (Phi) is 5.92. The van der Waals surface area contributed by atoms with Crippen molar-refractivity contribution < 1.29 is 13.2 Å². The lowest BCUT2D eigenvalue weighted by Crippen LogP contribution is -2.41. The minimum absolute atomic E-state index is 0.0595. The van der Waals surface area contributed by atoms with Gasteiger partial charge in [0.25, 0.3) is 0 Å². The molecule has 1 aliphatic heterocycles. The predicted octanol–water partition coefficient (Wildman–Crippen LogP) is 2.51. The highest BCUT2D eigenvalue weighted by Gasteiger charge is 2.33. The molecule has 1 heterocycles. The molecule has 1 atom stereocenters. The quantitative estimate of drug-likeness (QED) is 0.746. The molecule has 0 radical (unpaired) electrons. The smallest absolute Gasteiger partial charge is 0.223 e. The van der Waals surface area contributed by atoms with Crippen molar-refractivity contribution >= 4 is 27.5 Å². The first-order chi connectivity index (χ1) is 10.4. The lowest BCUT2D eigenvalue weighted by Gasteiger charge is -2.26. The summed E-state index contributed by atoms with van der Waals surface area (Å²) >= 11 is 1.66. The summed E-state index contributed by atoms with van der Waals surface area (Å²) in [5, 5.41) is 0. The SMILES string of the molecule is CCN(C(=O)CCSc1ccc(C)cc1)C1CCS(=O)(=O)C1. The first kappa shape index (κ1) is 17.3. The molecule has 22 heavy (non-hydrogen) atoms. The van der Waals surface area contributed by atoms with Crippen LogP contribution in [0.1, 0.15) is 25.3 Å². The number of nitrogens with zero attached hydrogens (tertiary/aromatic N) is 1. The van der Waals surface area contributed by atoms with Gasteiger partial charge in [-0.15, -0.1) is 11.8 Å². The molecule has 0 N–H and O–H groups in total. The van der Waals surface area contributed by atoms with Gasteiger partial charge in [-0.1, -0.05) is 17.7 Å². The summed E-state index contributed by atoms with van der Waals surface area (Å²) in [4.78, 5) is 15.2. The normalized spacial score (nSPS) is 20.0. The molecule has 2 rings (SSSR count). The van der Waals surface area contributed by atoms with E-state index in [9.17, 15) is 13.2 Å². The van der Waals surface area contributed by atoms with E-state index in [1.165, 1.54) is 5.56 Å². The molecule has 0 spiro atoms. The number of thioether (sulfide) groups is 1. The number of hydrogen-bond donors (Lipinski definition) is 0. The van der Waals surface area contributed by atoms with Crippen molar-refractivity contribution in [3.63, 3.8) is 0 Å². The van der Waals surface area contributed by atoms with E-state index in [-0.39, 0.29) is 23.5 Å². The third-order valence-electron chi connectivity index (χ3n) is 3.92. The van der Waals surface area contributed by atoms with Crippen molar-refractivity contribution in [1.82, 2.24) is 4.90 Å². The van der Waals surface area contributed by atoms with Crippen molar-refractivity contribution in [3.05, 3.63) is 29.8 Å². The Bertz CT molecular complexity index is 611. The van der Waals surface area contributed by atoms with E-state index in [0.29, 0.717) is 19.4 Å². The van der Waals surface area contributed by atoms with Crippen LogP contribution >= 0.6 is 11.8 Å². The fourth-order valence-electron chi connectivity index (χ4n) is 2.69. The molecular weight excluding hydrogens is 318 g/mol. The summed E-state index contributed by atoms with van der Waals surface area (Å²) in [5.41, 5.74) is 1.22. The first-order valence-corrected chi connectivity index (χ1v) is 10.4. The van der Waals surface area contributed by atoms with Crippen molar-refractivity contribution in [2.75, 3.05) is 23.8 Å². The van der Waals surface area contributed by atoms with Crippen LogP contribution in [0.3, 0.4) is 0 Å². The Morgan fingerprint density at radius 2 is 2.00 bits per heavy atom. The molecule has 6 heteroatoms. The molecule has 1 saturated heterocycles. The number of rotatable bonds is 6. The fourth-order valence-corrected chi connectivity index (χ4v) is 5.27. The van der Waals surface area contributed by atoms with Crippen LogP contribution in [0, 0.1) is 6.92 Å². The van der Waals surface area contributed by atoms with E-state index >= 15 is 0 Å². The van der Waals surface area contributed by atoms with E-state index in [0.717, 1.165) is 10.6 Å². The van der Waals surface area contributed by atoms with Crippen molar-refractivity contribution in [1.29, 1.82) is 0 Å². The van der Waals surface area contributed by atoms with E-state index in [1.54, 1.807) is 16.7 Å². The average Bonchev–Trinajstić information content (AvgIpc) is 2.82. The Morgan fingerprint density at radius 1 is 1.32 bits per heavy atom. The van der Waals surface area contributed by atoms with Crippen LogP contribution in [0.25, 0.3) is 0 Å². The molecular formula is C16H23NO3S2. The van der Waals surface area contributed by atoms with Crippen LogP contribution in [-0.2, 0) is 14.6 Å². The number of carbonyl (C=O) groups is 1. The van der Waals surface area contributed by atoms with Gasteiger partial charge in [-0.25, -0.2) is 8.42 Å². The number of hydrogen-bond acceptors (Lipinski definition) is 4. The molecule has 1 amide bonds. The van der Waals surface area contributed by atoms with Gasteiger partial charge in [0.1, 0.15) is 0 Å². The number of sulfone groups is 1. The van der Waals surface area contributed by atoms with Gasteiger partial charge in [-0.05, 0) is 32.4 Å². The second kappa shape index (κ2) is 7.51. The van der Waals surface area contributed by atoms with E-state index in [2.05, 4.69) is 24.3 Å². The maximum Gasteiger partial charge on any atom is 0.223 e. The molecule has 1 unspecified atom stereocenters. The largest absolute Gasteiger partial charge is 0.339 e. The van der Waals surface area contributed by atoms with Crippen LogP contribution in [0.4, 0.5) is 0 Å². The second-order valence-corrected chi connectivity index (χ2v) is 9.05. The Labute approximate surface area is 137 Å². The third kappa shape index (κ3) is 4.74. The van der Waals surface area contributed by atoms with Crippen molar-refractivity contribution in [2.45, 2.75) is 37.6 Å². The topological polar surface area (TPSA) is 54.5 Å². The monoisotopic (exact) mass is 341 g/mol. The maximum absolute atomic E-state index is 12.3. The zero-order valence-electron chi connectivity index (χ0n) is 13.1. The highest BCUT2D eigenvalue weighted by Crippen LogP contribution is 2.22. The number of amides is 1. The van der Waals surface area contributed by atoms with Crippen LogP contribution in [0.2, 0.25) is 0 Å². The summed E-state index contributed by atoms with van der Waals surface area (Å²) < 4.78 is 23.1. The highest BCUT2D eigenvalue weighted by atomic mass is 32.2. The first-order valence-electron chi connectivity index (χ1n) is 7.60. The Balaban J connectivity index is 1.83. The zero-order valence-corrected chi connectivity index (χ0v) is 14.8. The van der Waals surface area contributed by atoms with Crippen LogP contribution in [0.5, 0.6) is 0 Å². The summed E-state index contributed by atoms with van der Waals surface area (Å²) in [5.74, 6) is 1.11. The average molecular weight is 341 g/mol. The summed E-state index contributed by atoms with van der Waals surface area (Å²) in [7, 11) is -2.95. The van der Waals surface area contributed by atoms with Gasteiger partial charge in [0.2, 0.25) is 5.91 Å². The van der Waals surface area contributed by atoms with E-state index < -0.39 is 9.84 Å². The lowest BCUT2D eigenvalue weighted by atomic mass is 10.2. The van der Waals surface area contributed by atoms with Crippen molar-refractivity contribution in [2.24, 2.45) is 0 Å². The van der Waals surface area contributed by atoms with Crippen LogP contribution in [-0.4, -0.2) is 49.1 Å². The van der Waals surface area contributed by atoms with Gasteiger partial charge in [0.15, 0.2) is 9.84 Å². The van der Waals surface area contributed by atoms with Gasteiger partial charge in [-0.3, -0.25) is 4.79 Å². The van der Waals surface area contributed by atoms with Gasteiger partial charge in [0, 0.05) is 29.7 Å². The molecule has 4 nitrogen and oxygen atoms in total. The van der Waals surface area contributed by atoms with Gasteiger partial charge in [0.05, 0.1) is 11.5 Å². The molecule has 1 aliphatic rings. The van der Waals surface area contributed by atoms with Crippen LogP contribution < -0.4 is 0 Å². The van der Waals surface area contributed by atoms with Crippen LogP contribution in [0.15, 0.2) is 29.2 Å². The standard InChI is InChI=1S/C16H23NO3S2/c1-3-17(14-9-11-22(19,20)12-14)16(18)8-10-21-15-6-4-13(2)5-7-15/h4-7,14H,3,8-12H2,1-2H3. The number of aryl methyl sites for hydroxylation is 1. The Hall–Kier alpha value is -1.01. The number of benzene rings is 1. The molecule has 0 bridgehead atoms. The molecule has 0 saturated carbocycles. The van der Waals surface area contributed by atoms with Gasteiger partial charge >= 0.3 is 0 Å². The molecule has 122 valence electrons. The number of carbonyl (C=O) groups excluding carboxylic acids is 1. The second-order valence-electron chi connectivity index (χ2n) is 5.65. The molecule has 1 fully saturated rings. The Morgan fingerprint density at radius 3 is 2.55 bits per heavy atom. The van der Waals surface area contributed by atoms with Gasteiger partial charge < -0.3 is 4.90 Å². The minimum atomic E-state index is -2.95. The highest BCUT2D eigenvalue weighted by molar-refractivity contribution is 7.99. The fraction of sp³-hybridized carbons (Fsp3) is 0.562. The lowest BCUT2D eigenvalue weighted by molar-refractivity contribution is -0.132. The minimum Gasteiger partial charge on any atom is -0.339 e. The predicted molar refractivity (Wildman–Crippen MR) is 91.0 cm³/mol. The van der Waals surface area contributed by atoms with E-state index in [1.807, 2.05) is 13.8 Å². The maximum atomic E-state index is 12.3. The molecule has 1 aromatic rings. The summed E-state index contributed by atoms with van der Waals surface area (Å²) in [6.45, 7) is 4.54. The van der Waals surface area contributed by atoms with E-state index in [4.69, 9.17) is 0 Å². The summed E-state index contributed by atoms with van der Waals surface area (Å²) in [6.07, 6.45) is 1.02. The summed E-state index contributed by atoms with van der Waals surface area (Å²) in [6, 6.07) is 8.11. The molecule has 1 aromatic carbocycles.